The van der Waals surface area contributed by atoms with E-state index in [2.05, 4.69) is 54.1 Å². The molecule has 4 heterocycles. The van der Waals surface area contributed by atoms with E-state index < -0.39 is 218 Å². The lowest BCUT2D eigenvalue weighted by Crippen LogP contribution is -2.71. The molecule has 834 valence electrons. The number of nitrogens with zero attached hydrogens (tertiary/aromatic N) is 7. The maximum absolute atomic E-state index is 15.1. The molecular formula is C107H168N14O28. The van der Waals surface area contributed by atoms with E-state index in [0.29, 0.717) is 80.7 Å². The Bertz CT molecular complexity index is 4880. The third kappa shape index (κ3) is 34.3. The molecule has 4 aromatic rings. The van der Waals surface area contributed by atoms with Crippen molar-refractivity contribution in [2.75, 3.05) is 126 Å². The molecule has 3 aliphatic heterocycles. The van der Waals surface area contributed by atoms with Crippen molar-refractivity contribution in [1.82, 2.24) is 66.9 Å². The van der Waals surface area contributed by atoms with Crippen molar-refractivity contribution in [1.29, 1.82) is 0 Å². The first-order chi connectivity index (χ1) is 71.1. The van der Waals surface area contributed by atoms with Gasteiger partial charge in [0.15, 0.2) is 6.23 Å². The molecule has 4 aliphatic rings. The number of nitrogens with one attached hydrogen (secondary N) is 7. The van der Waals surface area contributed by atoms with Crippen LogP contribution < -0.4 is 42.1 Å². The number of aryl methyl sites for hydroxylation is 1. The maximum Gasteiger partial charge on any atom is 0.246 e. The minimum atomic E-state index is -1.85. The number of ether oxygens (including phenoxy) is 9. The number of likely N-dealkylation sites (tertiary alicyclic amines) is 1. The monoisotopic (exact) mass is 2100 g/mol. The van der Waals surface area contributed by atoms with Gasteiger partial charge in [0.25, 0.3) is 0 Å². The van der Waals surface area contributed by atoms with Crippen molar-refractivity contribution < 1.29 is 136 Å². The average Bonchev–Trinajstić information content (AvgIpc) is 1.60. The van der Waals surface area contributed by atoms with Crippen LogP contribution in [0, 0.1) is 41.9 Å². The second-order valence-corrected chi connectivity index (χ2v) is 40.8. The van der Waals surface area contributed by atoms with Gasteiger partial charge in [-0.3, -0.25) is 52.7 Å². The van der Waals surface area contributed by atoms with Gasteiger partial charge in [0.2, 0.25) is 65.0 Å². The van der Waals surface area contributed by atoms with E-state index in [1.165, 1.54) is 49.6 Å². The normalized spacial score (nSPS) is 22.9. The van der Waals surface area contributed by atoms with E-state index in [-0.39, 0.29) is 140 Å². The van der Waals surface area contributed by atoms with Crippen LogP contribution in [0.2, 0.25) is 0 Å². The predicted octanol–water partition coefficient (Wildman–Crippen LogP) is 3.65. The Morgan fingerprint density at radius 3 is 1.89 bits per heavy atom. The number of unbranched alkanes of at least 4 members (excludes halogenated alkanes) is 1. The molecule has 42 nitrogen and oxygen atoms in total. The van der Waals surface area contributed by atoms with Crippen LogP contribution in [0.25, 0.3) is 6.08 Å². The zero-order valence-corrected chi connectivity index (χ0v) is 89.9. The number of anilines is 1. The van der Waals surface area contributed by atoms with E-state index in [1.54, 1.807) is 103 Å². The summed E-state index contributed by atoms with van der Waals surface area (Å²) >= 11 is 0. The van der Waals surface area contributed by atoms with Gasteiger partial charge in [0.1, 0.15) is 79.1 Å². The summed E-state index contributed by atoms with van der Waals surface area (Å²) < 4.78 is 54.5. The number of benzene rings is 3. The summed E-state index contributed by atoms with van der Waals surface area (Å²) in [5.41, 5.74) is 3.12. The maximum atomic E-state index is 15.1. The topological polar surface area (TPSA) is 561 Å². The van der Waals surface area contributed by atoms with Crippen molar-refractivity contribution in [3.63, 3.8) is 0 Å². The number of para-hydroxylation sites is 1. The van der Waals surface area contributed by atoms with Crippen molar-refractivity contribution in [3.05, 3.63) is 119 Å². The number of hydrogen-bond donors (Lipinski definition) is 15. The number of fused-ring (bicyclic) bond motifs is 1. The van der Waals surface area contributed by atoms with Crippen molar-refractivity contribution in [2.45, 2.75) is 321 Å². The molecule has 3 saturated heterocycles. The first kappa shape index (κ1) is 124. The van der Waals surface area contributed by atoms with Crippen LogP contribution in [-0.2, 0) is 108 Å². The van der Waals surface area contributed by atoms with E-state index in [1.807, 2.05) is 75.4 Å². The molecule has 1 aliphatic carbocycles. The van der Waals surface area contributed by atoms with Crippen LogP contribution in [0.4, 0.5) is 5.69 Å². The quantitative estimate of drug-likeness (QED) is 0.0280. The Morgan fingerprint density at radius 2 is 1.26 bits per heavy atom. The van der Waals surface area contributed by atoms with Gasteiger partial charge in [0.05, 0.1) is 156 Å². The van der Waals surface area contributed by atoms with E-state index in [9.17, 15) is 88.8 Å². The highest BCUT2D eigenvalue weighted by atomic mass is 16.6. The van der Waals surface area contributed by atoms with Crippen LogP contribution in [0.3, 0.4) is 0 Å². The molecule has 0 saturated carbocycles. The van der Waals surface area contributed by atoms with Crippen molar-refractivity contribution in [2.24, 2.45) is 35.0 Å². The van der Waals surface area contributed by atoms with E-state index >= 15 is 4.79 Å². The first-order valence-electron chi connectivity index (χ1n) is 52.6. The fourth-order valence-corrected chi connectivity index (χ4v) is 20.1. The fourth-order valence-electron chi connectivity index (χ4n) is 20.1. The Labute approximate surface area is 875 Å². The highest BCUT2D eigenvalue weighted by Gasteiger charge is 2.63. The molecule has 42 heteroatoms. The van der Waals surface area contributed by atoms with Crippen molar-refractivity contribution >= 4 is 76.7 Å². The summed E-state index contributed by atoms with van der Waals surface area (Å²) in [5.74, 6) is -8.21. The van der Waals surface area contributed by atoms with Crippen LogP contribution in [0.5, 0.6) is 0 Å². The summed E-state index contributed by atoms with van der Waals surface area (Å²) in [6, 6.07) is 16.3. The molecule has 1 aromatic heterocycles. The lowest BCUT2D eigenvalue weighted by Gasteiger charge is -2.56. The Morgan fingerprint density at radius 1 is 0.617 bits per heavy atom. The molecule has 11 amide bonds. The van der Waals surface area contributed by atoms with E-state index in [0.717, 1.165) is 23.1 Å². The number of carbonyl (C=O) groups is 11. The molecule has 3 aromatic carbocycles. The van der Waals surface area contributed by atoms with Crippen LogP contribution >= 0.6 is 0 Å². The number of hydrogen-bond acceptors (Lipinski definition) is 30. The standard InChI is InChI=1S/C107H168N14O28/c1-19-66(9)91(79(141-17)58-86(128)119-49-33-42-77(119)97(142-18)68(11)100(135)110-69(12)92(129)72-36-23-21-24-37-72)118(16)105(140)88(64(5)6)114-103(138)90(65(7)8)117(15)104(139)70(13)111-102(137)87(63(3)4)113-101(136)74(112-83(125)46-50-143-52-54-145-56-57-146-55-53-144-51-48-109-82(124)44-45-85(127)120(59-73-38-28-27-34-67(73)10)75-40-30-29-35-71(75)20-2)39-31-32-47-108-84(126)62-147-78-43-26-22-25-41-76-89(78)115-116-121(76)106-96(133)98(134)107(14,81(61-123)149-106)99-95(132)94(131)93(130)80(60-122)148-99/h20-21,23-24,27-30,34-38,40,63-66,68-70,74,77-81,87-88,90-99,106,122-123,129-134H,2,19,22,25-26,31-33,39,41-62H2,1,3-18H3,(H,108,126)(H,109,124)(H,110,135)(H,111,137)(H,112,125)(H,113,136)(H,114,138)/t66-,68+,69+,70-,74?,77-,78?,79+,80+,81+,87-,88-,90-,91-,92+,93+,94-,95+,96+,97+,98+,99-,106-,107+/m0/s1. The van der Waals surface area contributed by atoms with Gasteiger partial charge in [0, 0.05) is 67.2 Å². The minimum Gasteiger partial charge on any atom is -0.394 e. The van der Waals surface area contributed by atoms with Crippen LogP contribution in [0.1, 0.15) is 225 Å². The number of rotatable bonds is 61. The number of carbonyl (C=O) groups excluding carboxylic acids is 11. The second-order valence-electron chi connectivity index (χ2n) is 40.8. The lowest BCUT2D eigenvalue weighted by atomic mass is 9.66. The third-order valence-electron chi connectivity index (χ3n) is 29.2. The van der Waals surface area contributed by atoms with Gasteiger partial charge in [-0.1, -0.05) is 179 Å². The largest absolute Gasteiger partial charge is 0.394 e. The molecule has 0 radical (unpaired) electrons. The summed E-state index contributed by atoms with van der Waals surface area (Å²) in [5, 5.41) is 117. The smallest absolute Gasteiger partial charge is 0.246 e. The highest BCUT2D eigenvalue weighted by molar-refractivity contribution is 5.98. The van der Waals surface area contributed by atoms with Crippen LogP contribution in [-0.4, -0.2) is 366 Å². The Balaban J connectivity index is 0.845. The zero-order valence-electron chi connectivity index (χ0n) is 89.9. The molecule has 2 unspecified atom stereocenters. The third-order valence-corrected chi connectivity index (χ3v) is 29.2. The SMILES string of the molecule is C=Cc1ccccc1N(Cc1ccccc1C)C(=O)CCC(=O)NCCOCCOCCOCCOCCC(=O)NC(CCCCNC(=O)COC1CCCCCc2c1nnn2[C@H]1O[C@H](CO)[C@@](C)([C@H]2O[C@H](CO)[C@@H](O)[C@H](O)[C@H]2O)[C@H](O)[C@H]1O)C(=O)N[C@H](C(=O)N[C@@H](C)C(=O)N(C)[C@H](C(=O)N[C@H](C(=O)N(C)[C@@H]([C@@H](C)CC)[C@@H](CC(=O)N1CCC[C@H]1[C@H](OC)[C@@H](C)C(=O)N[C@H](C)[C@@H](O)c1ccccc1)OC)C(C)C)C(C)C)C(C)C. The summed E-state index contributed by atoms with van der Waals surface area (Å²) in [6.07, 6.45) is -11.8. The van der Waals surface area contributed by atoms with Gasteiger partial charge in [-0.15, -0.1) is 5.10 Å². The number of likely N-dealkylation sites (N-methyl/N-ethyl adjacent to an activating group) is 2. The summed E-state index contributed by atoms with van der Waals surface area (Å²) in [4.78, 5) is 163. The summed E-state index contributed by atoms with van der Waals surface area (Å²) in [6.45, 7) is 26.7. The average molecular weight is 2100 g/mol. The number of aromatic nitrogens is 3. The molecule has 149 heavy (non-hydrogen) atoms. The molecule has 24 atom stereocenters. The number of methoxy groups -OCH3 is 2. The molecular weight excluding hydrogens is 1930 g/mol. The molecule has 15 N–H and O–H groups in total. The number of aliphatic hydroxyl groups excluding tert-OH is 8. The molecule has 8 rings (SSSR count). The summed E-state index contributed by atoms with van der Waals surface area (Å²) in [7, 11) is 6.00. The number of amides is 11. The van der Waals surface area contributed by atoms with Gasteiger partial charge >= 0.3 is 0 Å². The van der Waals surface area contributed by atoms with Gasteiger partial charge < -0.3 is 140 Å². The molecule has 0 bridgehead atoms. The minimum absolute atomic E-state index is 0.00333. The molecule has 3 fully saturated rings. The number of aliphatic hydroxyl groups is 8. The first-order valence-corrected chi connectivity index (χ1v) is 52.6. The van der Waals surface area contributed by atoms with Gasteiger partial charge in [-0.05, 0) is 124 Å². The Kier molecular flexibility index (Phi) is 51.4. The van der Waals surface area contributed by atoms with Gasteiger partial charge in [-0.2, -0.15) is 0 Å². The fraction of sp³-hybridized carbons (Fsp3) is 0.692. The predicted molar refractivity (Wildman–Crippen MR) is 551 cm³/mol. The zero-order chi connectivity index (χ0) is 110. The Hall–Kier alpha value is -9.97. The van der Waals surface area contributed by atoms with Crippen LogP contribution in [0.15, 0.2) is 85.4 Å². The van der Waals surface area contributed by atoms with E-state index in [4.69, 9.17) is 42.6 Å². The second kappa shape index (κ2) is 61.7. The molecule has 0 spiro atoms. The lowest BCUT2D eigenvalue weighted by molar-refractivity contribution is -0.331. The highest BCUT2D eigenvalue weighted by Crippen LogP contribution is 2.48. The van der Waals surface area contributed by atoms with Crippen molar-refractivity contribution in [3.8, 4) is 0 Å². The van der Waals surface area contributed by atoms with Gasteiger partial charge in [-0.25, -0.2) is 4.68 Å².